The van der Waals surface area contributed by atoms with Crippen molar-refractivity contribution in [3.8, 4) is 11.1 Å². The molecule has 8 aromatic rings. The van der Waals surface area contributed by atoms with Crippen molar-refractivity contribution >= 4 is 72.2 Å². The van der Waals surface area contributed by atoms with Crippen LogP contribution in [0.2, 0.25) is 0 Å². The minimum Gasteiger partial charge on any atom is -0.399 e. The Morgan fingerprint density at radius 1 is 0.459 bits per heavy atom. The van der Waals surface area contributed by atoms with Crippen LogP contribution < -0.4 is 5.73 Å². The van der Waals surface area contributed by atoms with E-state index in [1.165, 1.54) is 71.3 Å². The second kappa shape index (κ2) is 16.1. The van der Waals surface area contributed by atoms with Gasteiger partial charge in [0.15, 0.2) is 0 Å². The number of rotatable bonds is 4. The zero-order valence-corrected chi connectivity index (χ0v) is 33.7. The Kier molecular flexibility index (Phi) is 9.84. The highest BCUT2D eigenvalue weighted by atomic mass is 14.5. The first-order valence-electron chi connectivity index (χ1n) is 20.8. The van der Waals surface area contributed by atoms with Crippen LogP contribution in [0.3, 0.4) is 0 Å². The first-order valence-corrected chi connectivity index (χ1v) is 20.8. The second-order valence-corrected chi connectivity index (χ2v) is 15.7. The van der Waals surface area contributed by atoms with Crippen LogP contribution in [0.25, 0.3) is 66.2 Å². The highest BCUT2D eigenvalue weighted by Gasteiger charge is 2.22. The van der Waals surface area contributed by atoms with Gasteiger partial charge in [-0.25, -0.2) is 0 Å². The Bertz CT molecular complexity index is 3280. The summed E-state index contributed by atoms with van der Waals surface area (Å²) in [5, 5.41) is 24.4. The predicted octanol–water partition coefficient (Wildman–Crippen LogP) is 14.5. The molecule has 0 aromatic heterocycles. The van der Waals surface area contributed by atoms with E-state index in [0.717, 1.165) is 46.4 Å². The highest BCUT2D eigenvalue weighted by Crippen LogP contribution is 2.39. The fourth-order valence-corrected chi connectivity index (χ4v) is 8.98. The van der Waals surface area contributed by atoms with Crippen LogP contribution in [0.5, 0.6) is 0 Å². The van der Waals surface area contributed by atoms with E-state index in [9.17, 15) is 0 Å². The molecular formula is C58H43N3. The van der Waals surface area contributed by atoms with Gasteiger partial charge in [-0.3, -0.25) is 10.8 Å². The molecule has 3 heteroatoms. The van der Waals surface area contributed by atoms with E-state index in [4.69, 9.17) is 16.6 Å². The van der Waals surface area contributed by atoms with Crippen molar-refractivity contribution in [3.63, 3.8) is 0 Å². The minimum atomic E-state index is 0.252. The maximum absolute atomic E-state index is 8.34. The summed E-state index contributed by atoms with van der Waals surface area (Å²) in [5.74, 6) is 0. The number of hydrogen-bond donors (Lipinski definition) is 3. The Labute approximate surface area is 356 Å². The van der Waals surface area contributed by atoms with Gasteiger partial charge >= 0.3 is 0 Å². The smallest absolute Gasteiger partial charge is 0.0867 e. The molecule has 3 nitrogen and oxygen atoms in total. The average Bonchev–Trinajstić information content (AvgIpc) is 3.72. The fraction of sp³-hybridized carbons (Fsp3) is 0.0345. The number of nitrogens with one attached hydrogen (secondary N) is 2. The summed E-state index contributed by atoms with van der Waals surface area (Å²) in [7, 11) is 0. The molecule has 0 saturated heterocycles. The first-order chi connectivity index (χ1) is 30.0. The van der Waals surface area contributed by atoms with Gasteiger partial charge < -0.3 is 5.73 Å². The lowest BCUT2D eigenvalue weighted by atomic mass is 9.83. The molecule has 4 N–H and O–H groups in total. The molecule has 0 fully saturated rings. The van der Waals surface area contributed by atoms with E-state index in [2.05, 4.69) is 170 Å². The number of benzene rings is 8. The van der Waals surface area contributed by atoms with E-state index in [0.29, 0.717) is 0 Å². The molecule has 0 heterocycles. The maximum Gasteiger partial charge on any atom is 0.0867 e. The molecule has 0 bridgehead atoms. The normalized spacial score (nSPS) is 14.3. The summed E-state index contributed by atoms with van der Waals surface area (Å²) < 4.78 is 0. The van der Waals surface area contributed by atoms with E-state index < -0.39 is 0 Å². The van der Waals surface area contributed by atoms with Crippen molar-refractivity contribution in [2.45, 2.75) is 12.8 Å². The number of allylic oxidation sites excluding steroid dienone is 10. The third-order valence-corrected chi connectivity index (χ3v) is 12.0. The molecule has 0 spiro atoms. The lowest BCUT2D eigenvalue weighted by Gasteiger charge is -2.20. The molecule has 11 rings (SSSR count). The van der Waals surface area contributed by atoms with Gasteiger partial charge in [-0.05, 0) is 143 Å². The van der Waals surface area contributed by atoms with E-state index in [1.807, 2.05) is 42.5 Å². The molecule has 0 atom stereocenters. The van der Waals surface area contributed by atoms with Gasteiger partial charge in [0.1, 0.15) is 0 Å². The SMILES string of the molecule is N=C1C=C(c2cccc(-c3cc4c(c5ccccc35)CC=CC=C4)c2)c2ccccc2C1=N.Nc1ccc(C2=CC(c3cc4ccccc4c4ccccc34)=CC=CC2)cc1. The fourth-order valence-electron chi connectivity index (χ4n) is 8.98. The van der Waals surface area contributed by atoms with E-state index in [-0.39, 0.29) is 11.4 Å². The van der Waals surface area contributed by atoms with Crippen molar-refractivity contribution < 1.29 is 0 Å². The summed E-state index contributed by atoms with van der Waals surface area (Å²) in [6.45, 7) is 0. The quantitative estimate of drug-likeness (QED) is 0.121. The molecule has 0 aliphatic heterocycles. The molecule has 61 heavy (non-hydrogen) atoms. The molecule has 0 radical (unpaired) electrons. The maximum atomic E-state index is 8.34. The molecule has 290 valence electrons. The van der Waals surface area contributed by atoms with Crippen LogP contribution in [0, 0.1) is 10.8 Å². The lowest BCUT2D eigenvalue weighted by Crippen LogP contribution is -2.18. The van der Waals surface area contributed by atoms with Crippen LogP contribution in [-0.4, -0.2) is 11.4 Å². The van der Waals surface area contributed by atoms with Crippen molar-refractivity contribution in [3.05, 3.63) is 245 Å². The zero-order valence-electron chi connectivity index (χ0n) is 33.7. The van der Waals surface area contributed by atoms with Gasteiger partial charge in [-0.1, -0.05) is 176 Å². The third kappa shape index (κ3) is 7.17. The summed E-state index contributed by atoms with van der Waals surface area (Å²) in [5.41, 5.74) is 21.1. The first kappa shape index (κ1) is 37.4. The third-order valence-electron chi connectivity index (χ3n) is 12.0. The Morgan fingerprint density at radius 3 is 1.95 bits per heavy atom. The lowest BCUT2D eigenvalue weighted by molar-refractivity contribution is 1.30. The summed E-state index contributed by atoms with van der Waals surface area (Å²) >= 11 is 0. The number of nitrogens with two attached hydrogens (primary N) is 1. The molecule has 3 aliphatic carbocycles. The summed E-state index contributed by atoms with van der Waals surface area (Å²) in [6.07, 6.45) is 21.3. The molecular weight excluding hydrogens is 739 g/mol. The Hall–Kier alpha value is -7.88. The van der Waals surface area contributed by atoms with Gasteiger partial charge in [0.25, 0.3) is 0 Å². The second-order valence-electron chi connectivity index (χ2n) is 15.7. The van der Waals surface area contributed by atoms with Crippen LogP contribution in [0.4, 0.5) is 5.69 Å². The topological polar surface area (TPSA) is 73.7 Å². The van der Waals surface area contributed by atoms with E-state index >= 15 is 0 Å². The average molecular weight is 782 g/mol. The number of fused-ring (bicyclic) bond motifs is 7. The number of nitrogen functional groups attached to an aromatic ring is 1. The van der Waals surface area contributed by atoms with Gasteiger partial charge in [0.05, 0.1) is 11.4 Å². The van der Waals surface area contributed by atoms with Crippen LogP contribution in [0.1, 0.15) is 45.4 Å². The van der Waals surface area contributed by atoms with Gasteiger partial charge in [0.2, 0.25) is 0 Å². The van der Waals surface area contributed by atoms with Crippen LogP contribution in [-0.2, 0) is 6.42 Å². The largest absolute Gasteiger partial charge is 0.399 e. The number of hydrogen-bond acceptors (Lipinski definition) is 3. The monoisotopic (exact) mass is 781 g/mol. The molecule has 0 saturated carbocycles. The van der Waals surface area contributed by atoms with Gasteiger partial charge in [-0.15, -0.1) is 0 Å². The van der Waals surface area contributed by atoms with Crippen molar-refractivity contribution in [2.24, 2.45) is 0 Å². The Morgan fingerprint density at radius 2 is 1.13 bits per heavy atom. The zero-order chi connectivity index (χ0) is 41.3. The molecule has 8 aromatic carbocycles. The Balaban J connectivity index is 0.000000148. The summed E-state index contributed by atoms with van der Waals surface area (Å²) in [6, 6.07) is 55.3. The van der Waals surface area contributed by atoms with Crippen molar-refractivity contribution in [1.82, 2.24) is 0 Å². The predicted molar refractivity (Wildman–Crippen MR) is 261 cm³/mol. The van der Waals surface area contributed by atoms with Crippen molar-refractivity contribution in [1.29, 1.82) is 10.8 Å². The molecule has 0 unspecified atom stereocenters. The van der Waals surface area contributed by atoms with Gasteiger partial charge in [-0.2, -0.15) is 0 Å². The standard InChI is InChI=1S/C31H22N2.C27H21N/c32-30-19-29(26-15-6-7-16-27(26)31(30)33)21-11-8-10-20(17-21)28-18-22-9-2-1-3-12-23(22)24-13-4-5-14-25(24)28;28-23-15-13-19(14-16-23)20-7-1-2-8-21(17-20)27-18-22-9-3-4-10-24(22)25-11-5-6-12-26(25)27/h1-11,13-19,32-33H,12H2;1-6,8-18H,7,28H2. The molecule has 0 amide bonds. The van der Waals surface area contributed by atoms with Crippen LogP contribution in [0.15, 0.2) is 206 Å². The minimum absolute atomic E-state index is 0.252. The molecule has 3 aliphatic rings. The van der Waals surface area contributed by atoms with Crippen LogP contribution >= 0.6 is 0 Å². The van der Waals surface area contributed by atoms with Crippen molar-refractivity contribution in [2.75, 3.05) is 5.73 Å². The highest BCUT2D eigenvalue weighted by molar-refractivity contribution is 6.53. The van der Waals surface area contributed by atoms with E-state index in [1.54, 1.807) is 0 Å². The summed E-state index contributed by atoms with van der Waals surface area (Å²) in [4.78, 5) is 0. The van der Waals surface area contributed by atoms with Gasteiger partial charge in [0, 0.05) is 11.3 Å². The number of anilines is 1.